The van der Waals surface area contributed by atoms with Gasteiger partial charge in [0.05, 0.1) is 7.11 Å². The van der Waals surface area contributed by atoms with Crippen molar-refractivity contribution < 1.29 is 14.3 Å². The highest BCUT2D eigenvalue weighted by atomic mass is 79.9. The summed E-state index contributed by atoms with van der Waals surface area (Å²) in [6, 6.07) is 22.7. The summed E-state index contributed by atoms with van der Waals surface area (Å²) >= 11 is 3.53. The molecule has 0 saturated carbocycles. The molecule has 0 saturated heterocycles. The lowest BCUT2D eigenvalue weighted by Gasteiger charge is -2.22. The van der Waals surface area contributed by atoms with E-state index in [1.54, 1.807) is 7.11 Å². The zero-order chi connectivity index (χ0) is 20.7. The Hall–Kier alpha value is -3.38. The standard InChI is InChI=1S/C24H17BrN2O3/c1-29-18-10-7-15(8-11-18)22-27-24(23(28)30-22,16-5-3-2-4-6-16)20-14-26-21-12-9-17(25)13-19(20)21/h2-14,26H,1H3. The summed E-state index contributed by atoms with van der Waals surface area (Å²) in [4.78, 5) is 21.6. The second-order valence-electron chi connectivity index (χ2n) is 7.00. The first-order valence-electron chi connectivity index (χ1n) is 9.41. The van der Waals surface area contributed by atoms with Crippen LogP contribution in [0.5, 0.6) is 5.75 Å². The third-order valence-corrected chi connectivity index (χ3v) is 5.81. The lowest BCUT2D eigenvalue weighted by molar-refractivity contribution is -0.137. The van der Waals surface area contributed by atoms with Crippen molar-refractivity contribution in [2.24, 2.45) is 4.99 Å². The van der Waals surface area contributed by atoms with Crippen LogP contribution in [0.4, 0.5) is 0 Å². The predicted molar refractivity (Wildman–Crippen MR) is 119 cm³/mol. The molecule has 0 aliphatic carbocycles. The number of benzene rings is 3. The van der Waals surface area contributed by atoms with Gasteiger partial charge in [0.25, 0.3) is 0 Å². The number of hydrogen-bond acceptors (Lipinski definition) is 4. The monoisotopic (exact) mass is 460 g/mol. The first-order valence-corrected chi connectivity index (χ1v) is 10.2. The van der Waals surface area contributed by atoms with Gasteiger partial charge in [-0.25, -0.2) is 9.79 Å². The van der Waals surface area contributed by atoms with Crippen LogP contribution in [-0.4, -0.2) is 24.0 Å². The van der Waals surface area contributed by atoms with E-state index in [2.05, 4.69) is 20.9 Å². The number of cyclic esters (lactones) is 1. The Morgan fingerprint density at radius 2 is 1.80 bits per heavy atom. The summed E-state index contributed by atoms with van der Waals surface area (Å²) in [5.41, 5.74) is 1.83. The molecule has 1 aromatic heterocycles. The van der Waals surface area contributed by atoms with Gasteiger partial charge in [-0.1, -0.05) is 46.3 Å². The number of nitrogens with one attached hydrogen (secondary N) is 1. The van der Waals surface area contributed by atoms with E-state index in [1.807, 2.05) is 79.0 Å². The number of H-pyrrole nitrogens is 1. The van der Waals surface area contributed by atoms with Gasteiger partial charge in [0, 0.05) is 32.7 Å². The molecule has 3 aromatic carbocycles. The van der Waals surface area contributed by atoms with Gasteiger partial charge in [0.15, 0.2) is 0 Å². The average molecular weight is 461 g/mol. The molecule has 0 spiro atoms. The van der Waals surface area contributed by atoms with Crippen LogP contribution in [0.15, 0.2) is 88.5 Å². The van der Waals surface area contributed by atoms with Crippen molar-refractivity contribution in [1.82, 2.24) is 4.98 Å². The van der Waals surface area contributed by atoms with Crippen LogP contribution in [0.3, 0.4) is 0 Å². The summed E-state index contributed by atoms with van der Waals surface area (Å²) in [6.07, 6.45) is 1.84. The molecule has 4 aromatic rings. The van der Waals surface area contributed by atoms with Crippen molar-refractivity contribution in [3.05, 3.63) is 100 Å². The Bertz CT molecular complexity index is 1280. The fraction of sp³-hybridized carbons (Fsp3) is 0.0833. The van der Waals surface area contributed by atoms with Gasteiger partial charge in [-0.3, -0.25) is 0 Å². The number of aromatic nitrogens is 1. The van der Waals surface area contributed by atoms with E-state index >= 15 is 0 Å². The molecule has 1 N–H and O–H groups in total. The maximum atomic E-state index is 13.4. The van der Waals surface area contributed by atoms with Crippen LogP contribution in [0.2, 0.25) is 0 Å². The molecule has 1 atom stereocenters. The predicted octanol–water partition coefficient (Wildman–Crippen LogP) is 5.19. The second-order valence-corrected chi connectivity index (χ2v) is 7.92. The van der Waals surface area contributed by atoms with E-state index in [4.69, 9.17) is 14.5 Å². The molecule has 5 nitrogen and oxygen atoms in total. The van der Waals surface area contributed by atoms with Crippen molar-refractivity contribution in [3.63, 3.8) is 0 Å². The highest BCUT2D eigenvalue weighted by Crippen LogP contribution is 2.43. The maximum Gasteiger partial charge on any atom is 0.350 e. The van der Waals surface area contributed by atoms with Crippen molar-refractivity contribution >= 4 is 38.7 Å². The first-order chi connectivity index (χ1) is 14.6. The fourth-order valence-corrected chi connectivity index (χ4v) is 4.18. The van der Waals surface area contributed by atoms with Gasteiger partial charge in [0.1, 0.15) is 5.75 Å². The Morgan fingerprint density at radius 1 is 1.03 bits per heavy atom. The summed E-state index contributed by atoms with van der Waals surface area (Å²) in [7, 11) is 1.61. The molecule has 6 heteroatoms. The van der Waals surface area contributed by atoms with Crippen molar-refractivity contribution in [3.8, 4) is 5.75 Å². The van der Waals surface area contributed by atoms with Crippen molar-refractivity contribution in [2.75, 3.05) is 7.11 Å². The minimum Gasteiger partial charge on any atom is -0.497 e. The van der Waals surface area contributed by atoms with E-state index in [1.165, 1.54) is 0 Å². The summed E-state index contributed by atoms with van der Waals surface area (Å²) in [6.45, 7) is 0. The number of methoxy groups -OCH3 is 1. The molecule has 2 heterocycles. The third-order valence-electron chi connectivity index (χ3n) is 5.32. The molecule has 1 unspecified atom stereocenters. The van der Waals surface area contributed by atoms with Crippen LogP contribution < -0.4 is 4.74 Å². The quantitative estimate of drug-likeness (QED) is 0.426. The molecule has 1 aliphatic heterocycles. The number of fused-ring (bicyclic) bond motifs is 1. The molecule has 30 heavy (non-hydrogen) atoms. The number of ether oxygens (including phenoxy) is 2. The van der Waals surface area contributed by atoms with Gasteiger partial charge >= 0.3 is 5.97 Å². The van der Waals surface area contributed by atoms with Gasteiger partial charge in [-0.2, -0.15) is 0 Å². The molecule has 0 fully saturated rings. The normalized spacial score (nSPS) is 18.3. The van der Waals surface area contributed by atoms with Crippen molar-refractivity contribution in [1.29, 1.82) is 0 Å². The third kappa shape index (κ3) is 2.83. The second kappa shape index (κ2) is 7.15. The number of aromatic amines is 1. The smallest absolute Gasteiger partial charge is 0.350 e. The number of rotatable bonds is 4. The Labute approximate surface area is 181 Å². The largest absolute Gasteiger partial charge is 0.497 e. The van der Waals surface area contributed by atoms with E-state index < -0.39 is 11.5 Å². The number of halogens is 1. The van der Waals surface area contributed by atoms with Crippen LogP contribution in [0, 0.1) is 0 Å². The lowest BCUT2D eigenvalue weighted by Crippen LogP contribution is -2.32. The van der Waals surface area contributed by atoms with E-state index in [0.717, 1.165) is 32.3 Å². The number of esters is 1. The first kappa shape index (κ1) is 18.6. The van der Waals surface area contributed by atoms with Crippen LogP contribution >= 0.6 is 15.9 Å². The molecule has 5 rings (SSSR count). The van der Waals surface area contributed by atoms with Crippen LogP contribution in [0.25, 0.3) is 10.9 Å². The lowest BCUT2D eigenvalue weighted by atomic mass is 9.83. The van der Waals surface area contributed by atoms with Crippen LogP contribution in [0.1, 0.15) is 16.7 Å². The van der Waals surface area contributed by atoms with Gasteiger partial charge < -0.3 is 14.5 Å². The molecule has 1 aliphatic rings. The van der Waals surface area contributed by atoms with E-state index in [0.29, 0.717) is 5.56 Å². The Balaban J connectivity index is 1.75. The minimum absolute atomic E-state index is 0.288. The number of carbonyl (C=O) groups is 1. The fourth-order valence-electron chi connectivity index (χ4n) is 3.82. The molecule has 0 bridgehead atoms. The number of hydrogen-bond donors (Lipinski definition) is 1. The summed E-state index contributed by atoms with van der Waals surface area (Å²) < 4.78 is 11.9. The summed E-state index contributed by atoms with van der Waals surface area (Å²) in [5, 5.41) is 0.907. The average Bonchev–Trinajstić information content (AvgIpc) is 3.35. The number of aliphatic imine (C=N–C) groups is 1. The van der Waals surface area contributed by atoms with E-state index in [9.17, 15) is 4.79 Å². The topological polar surface area (TPSA) is 63.7 Å². The molecule has 148 valence electrons. The Kier molecular flexibility index (Phi) is 4.44. The molecule has 0 radical (unpaired) electrons. The van der Waals surface area contributed by atoms with Gasteiger partial charge in [-0.15, -0.1) is 0 Å². The Morgan fingerprint density at radius 3 is 2.53 bits per heavy atom. The van der Waals surface area contributed by atoms with Gasteiger partial charge in [0.2, 0.25) is 11.4 Å². The highest BCUT2D eigenvalue weighted by Gasteiger charge is 2.50. The van der Waals surface area contributed by atoms with Crippen LogP contribution in [-0.2, 0) is 15.1 Å². The molecule has 0 amide bonds. The summed E-state index contributed by atoms with van der Waals surface area (Å²) in [5.74, 6) is 0.579. The van der Waals surface area contributed by atoms with Crippen molar-refractivity contribution in [2.45, 2.75) is 5.54 Å². The van der Waals surface area contributed by atoms with E-state index in [-0.39, 0.29) is 5.90 Å². The SMILES string of the molecule is COc1ccc(C2=NC(c3ccccc3)(c3c[nH]c4ccc(Br)cc34)C(=O)O2)cc1. The zero-order valence-electron chi connectivity index (χ0n) is 16.1. The molecular weight excluding hydrogens is 444 g/mol. The number of carbonyl (C=O) groups excluding carboxylic acids is 1. The highest BCUT2D eigenvalue weighted by molar-refractivity contribution is 9.10. The van der Waals surface area contributed by atoms with Gasteiger partial charge in [-0.05, 0) is 48.0 Å². The zero-order valence-corrected chi connectivity index (χ0v) is 17.6. The minimum atomic E-state index is -1.30. The molecular formula is C24H17BrN2O3. The number of nitrogens with zero attached hydrogens (tertiary/aromatic N) is 1. The maximum absolute atomic E-state index is 13.4.